The quantitative estimate of drug-likeness (QED) is 0.725. The molecule has 1 heteroatoms. The maximum atomic E-state index is 3.54. The van der Waals surface area contributed by atoms with Gasteiger partial charge in [0.15, 0.2) is 0 Å². The predicted octanol–water partition coefficient (Wildman–Crippen LogP) is 3.98. The standard InChI is InChI=1S/C14H29N/c1-12(2)15-11-10-14(3,4)13-8-6-5-7-9-13/h12-13,15H,5-11H2,1-4H3. The molecule has 0 aromatic heterocycles. The second-order valence-electron chi connectivity index (χ2n) is 6.18. The summed E-state index contributed by atoms with van der Waals surface area (Å²) >= 11 is 0. The monoisotopic (exact) mass is 211 g/mol. The van der Waals surface area contributed by atoms with E-state index in [9.17, 15) is 0 Å². The lowest BCUT2D eigenvalue weighted by atomic mass is 9.69. The molecular formula is C14H29N. The van der Waals surface area contributed by atoms with Crippen LogP contribution in [0.5, 0.6) is 0 Å². The molecule has 1 aliphatic carbocycles. The first-order valence-electron chi connectivity index (χ1n) is 6.76. The molecule has 90 valence electrons. The Balaban J connectivity index is 2.29. The van der Waals surface area contributed by atoms with Gasteiger partial charge in [0.1, 0.15) is 0 Å². The fraction of sp³-hybridized carbons (Fsp3) is 1.00. The molecule has 1 saturated carbocycles. The SMILES string of the molecule is CC(C)NCCC(C)(C)C1CCCCC1. The lowest BCUT2D eigenvalue weighted by molar-refractivity contribution is 0.145. The highest BCUT2D eigenvalue weighted by Gasteiger charge is 2.29. The number of hydrogen-bond acceptors (Lipinski definition) is 1. The molecule has 0 unspecified atom stereocenters. The topological polar surface area (TPSA) is 12.0 Å². The van der Waals surface area contributed by atoms with E-state index in [0.29, 0.717) is 11.5 Å². The summed E-state index contributed by atoms with van der Waals surface area (Å²) in [5.74, 6) is 0.972. The molecule has 0 saturated heterocycles. The van der Waals surface area contributed by atoms with Gasteiger partial charge < -0.3 is 5.32 Å². The van der Waals surface area contributed by atoms with E-state index in [0.717, 1.165) is 5.92 Å². The van der Waals surface area contributed by atoms with E-state index < -0.39 is 0 Å². The first kappa shape index (κ1) is 13.0. The van der Waals surface area contributed by atoms with Crippen molar-refractivity contribution in [2.45, 2.75) is 72.3 Å². The van der Waals surface area contributed by atoms with Gasteiger partial charge in [-0.15, -0.1) is 0 Å². The van der Waals surface area contributed by atoms with Gasteiger partial charge in [-0.05, 0) is 37.1 Å². The van der Waals surface area contributed by atoms with Crippen LogP contribution < -0.4 is 5.32 Å². The third-order valence-corrected chi connectivity index (χ3v) is 4.03. The summed E-state index contributed by atoms with van der Waals surface area (Å²) in [6.45, 7) is 10.6. The second-order valence-corrected chi connectivity index (χ2v) is 6.18. The molecule has 1 fully saturated rings. The summed E-state index contributed by atoms with van der Waals surface area (Å²) in [5.41, 5.74) is 0.544. The summed E-state index contributed by atoms with van der Waals surface area (Å²) < 4.78 is 0. The van der Waals surface area contributed by atoms with Gasteiger partial charge in [-0.25, -0.2) is 0 Å². The Bertz CT molecular complexity index is 166. The number of hydrogen-bond donors (Lipinski definition) is 1. The highest BCUT2D eigenvalue weighted by atomic mass is 14.9. The molecule has 1 aliphatic rings. The molecule has 1 N–H and O–H groups in total. The zero-order valence-electron chi connectivity index (χ0n) is 11.1. The fourth-order valence-electron chi connectivity index (χ4n) is 2.77. The van der Waals surface area contributed by atoms with E-state index in [1.165, 1.54) is 45.1 Å². The van der Waals surface area contributed by atoms with Gasteiger partial charge in [0.2, 0.25) is 0 Å². The van der Waals surface area contributed by atoms with Crippen molar-refractivity contribution in [3.05, 3.63) is 0 Å². The highest BCUT2D eigenvalue weighted by Crippen LogP contribution is 2.40. The van der Waals surface area contributed by atoms with Crippen LogP contribution in [0.15, 0.2) is 0 Å². The van der Waals surface area contributed by atoms with Gasteiger partial charge >= 0.3 is 0 Å². The molecule has 0 heterocycles. The number of rotatable bonds is 5. The maximum absolute atomic E-state index is 3.54. The minimum atomic E-state index is 0.544. The fourth-order valence-corrected chi connectivity index (χ4v) is 2.77. The molecule has 1 nitrogen and oxygen atoms in total. The minimum absolute atomic E-state index is 0.544. The molecule has 0 amide bonds. The summed E-state index contributed by atoms with van der Waals surface area (Å²) in [6, 6.07) is 0.632. The summed E-state index contributed by atoms with van der Waals surface area (Å²) in [6.07, 6.45) is 8.66. The van der Waals surface area contributed by atoms with Crippen LogP contribution in [0, 0.1) is 11.3 Å². The van der Waals surface area contributed by atoms with Crippen LogP contribution in [0.1, 0.15) is 66.2 Å². The molecule has 15 heavy (non-hydrogen) atoms. The Kier molecular flexibility index (Phi) is 5.11. The van der Waals surface area contributed by atoms with Gasteiger partial charge in [-0.3, -0.25) is 0 Å². The van der Waals surface area contributed by atoms with Gasteiger partial charge in [-0.1, -0.05) is 47.0 Å². The van der Waals surface area contributed by atoms with Crippen LogP contribution in [0.3, 0.4) is 0 Å². The van der Waals surface area contributed by atoms with Crippen LogP contribution in [-0.2, 0) is 0 Å². The van der Waals surface area contributed by atoms with Crippen LogP contribution >= 0.6 is 0 Å². The Labute approximate surface area is 96.0 Å². The molecule has 0 atom stereocenters. The maximum Gasteiger partial charge on any atom is 0.00103 e. The Morgan fingerprint density at radius 2 is 1.73 bits per heavy atom. The smallest absolute Gasteiger partial charge is 0.00103 e. The highest BCUT2D eigenvalue weighted by molar-refractivity contribution is 4.81. The van der Waals surface area contributed by atoms with Crippen molar-refractivity contribution in [3.8, 4) is 0 Å². The predicted molar refractivity (Wildman–Crippen MR) is 68.1 cm³/mol. The van der Waals surface area contributed by atoms with Crippen LogP contribution in [0.25, 0.3) is 0 Å². The van der Waals surface area contributed by atoms with Crippen LogP contribution in [0.2, 0.25) is 0 Å². The molecular weight excluding hydrogens is 182 g/mol. The third kappa shape index (κ3) is 4.55. The zero-order chi connectivity index (χ0) is 11.3. The van der Waals surface area contributed by atoms with Crippen molar-refractivity contribution in [3.63, 3.8) is 0 Å². The minimum Gasteiger partial charge on any atom is -0.315 e. The lowest BCUT2D eigenvalue weighted by Gasteiger charge is -2.37. The molecule has 0 aliphatic heterocycles. The molecule has 0 bridgehead atoms. The normalized spacial score (nSPS) is 19.8. The van der Waals surface area contributed by atoms with Crippen molar-refractivity contribution >= 4 is 0 Å². The third-order valence-electron chi connectivity index (χ3n) is 4.03. The largest absolute Gasteiger partial charge is 0.315 e. The van der Waals surface area contributed by atoms with E-state index in [1.54, 1.807) is 0 Å². The van der Waals surface area contributed by atoms with E-state index >= 15 is 0 Å². The van der Waals surface area contributed by atoms with E-state index in [4.69, 9.17) is 0 Å². The van der Waals surface area contributed by atoms with Crippen molar-refractivity contribution < 1.29 is 0 Å². The second kappa shape index (κ2) is 5.89. The van der Waals surface area contributed by atoms with Gasteiger partial charge in [0, 0.05) is 6.04 Å². The molecule has 0 radical (unpaired) electrons. The average Bonchev–Trinajstić information content (AvgIpc) is 2.18. The zero-order valence-corrected chi connectivity index (χ0v) is 11.1. The molecule has 0 aromatic rings. The summed E-state index contributed by atoms with van der Waals surface area (Å²) in [4.78, 5) is 0. The van der Waals surface area contributed by atoms with Crippen molar-refractivity contribution in [1.29, 1.82) is 0 Å². The number of nitrogens with one attached hydrogen (secondary N) is 1. The van der Waals surface area contributed by atoms with Crippen molar-refractivity contribution in [2.24, 2.45) is 11.3 Å². The molecule has 0 aromatic carbocycles. The van der Waals surface area contributed by atoms with E-state index in [-0.39, 0.29) is 0 Å². The Morgan fingerprint density at radius 3 is 2.27 bits per heavy atom. The summed E-state index contributed by atoms with van der Waals surface area (Å²) in [7, 11) is 0. The first-order valence-corrected chi connectivity index (χ1v) is 6.76. The van der Waals surface area contributed by atoms with Crippen molar-refractivity contribution in [1.82, 2.24) is 5.32 Å². The van der Waals surface area contributed by atoms with Gasteiger partial charge in [0.25, 0.3) is 0 Å². The van der Waals surface area contributed by atoms with Crippen LogP contribution in [-0.4, -0.2) is 12.6 Å². The van der Waals surface area contributed by atoms with Crippen LogP contribution in [0.4, 0.5) is 0 Å². The van der Waals surface area contributed by atoms with Crippen molar-refractivity contribution in [2.75, 3.05) is 6.54 Å². The van der Waals surface area contributed by atoms with E-state index in [1.807, 2.05) is 0 Å². The van der Waals surface area contributed by atoms with Gasteiger partial charge in [-0.2, -0.15) is 0 Å². The molecule has 0 spiro atoms. The van der Waals surface area contributed by atoms with Gasteiger partial charge in [0.05, 0.1) is 0 Å². The lowest BCUT2D eigenvalue weighted by Crippen LogP contribution is -2.32. The Morgan fingerprint density at radius 1 is 1.13 bits per heavy atom. The molecule has 1 rings (SSSR count). The Hall–Kier alpha value is -0.0400. The first-order chi connectivity index (χ1) is 7.02. The average molecular weight is 211 g/mol. The van der Waals surface area contributed by atoms with E-state index in [2.05, 4.69) is 33.0 Å². The summed E-state index contributed by atoms with van der Waals surface area (Å²) in [5, 5.41) is 3.54.